The number of nitrogens with one attached hydrogen (secondary N) is 1. The van der Waals surface area contributed by atoms with Gasteiger partial charge in [-0.25, -0.2) is 0 Å². The number of rotatable bonds is 7. The largest absolute Gasteiger partial charge is 0.394 e. The van der Waals surface area contributed by atoms with Crippen LogP contribution in [-0.2, 0) is 0 Å². The van der Waals surface area contributed by atoms with Crippen LogP contribution in [0.25, 0.3) is 0 Å². The van der Waals surface area contributed by atoms with Crippen LogP contribution in [-0.4, -0.2) is 34.7 Å². The normalized spacial score (nSPS) is 11.1. The molecule has 0 spiro atoms. The number of hydrogen-bond acceptors (Lipinski definition) is 4. The summed E-state index contributed by atoms with van der Waals surface area (Å²) in [5.41, 5.74) is 0.515. The first-order valence-electron chi connectivity index (χ1n) is 7.66. The fraction of sp³-hybridized carbons (Fsp3) is 0.263. The van der Waals surface area contributed by atoms with Crippen LogP contribution in [0.1, 0.15) is 34.6 Å². The third-order valence-electron chi connectivity index (χ3n) is 3.41. The lowest BCUT2D eigenvalue weighted by Crippen LogP contribution is -2.46. The quantitative estimate of drug-likeness (QED) is 0.599. The molecule has 0 saturated carbocycles. The fourth-order valence-electron chi connectivity index (χ4n) is 2.00. The number of Topliss-reactive ketones (excluding diaryl/α,β-unsaturated/α-hetero) is 1. The Hall–Kier alpha value is -2.11. The summed E-state index contributed by atoms with van der Waals surface area (Å²) in [5.74, 6) is 0.125. The lowest BCUT2D eigenvalue weighted by molar-refractivity contribution is 0.0869. The molecular weight excluding hydrogens is 322 g/mol. The molecule has 0 aliphatic carbocycles. The molecule has 0 aliphatic heterocycles. The molecule has 0 unspecified atom stereocenters. The molecule has 24 heavy (non-hydrogen) atoms. The fourth-order valence-corrected chi connectivity index (χ4v) is 2.85. The third kappa shape index (κ3) is 5.22. The number of hydrogen-bond donors (Lipinski definition) is 2. The minimum atomic E-state index is -0.677. The average molecular weight is 343 g/mol. The zero-order chi connectivity index (χ0) is 17.6. The van der Waals surface area contributed by atoms with Gasteiger partial charge in [-0.1, -0.05) is 36.4 Å². The van der Waals surface area contributed by atoms with Gasteiger partial charge in [-0.3, -0.25) is 9.59 Å². The average Bonchev–Trinajstić information content (AvgIpc) is 2.60. The second-order valence-corrected chi connectivity index (χ2v) is 7.15. The Morgan fingerprint density at radius 1 is 1.04 bits per heavy atom. The standard InChI is InChI=1S/C19H21NO3S/c1-19(2,13-21)20-18(23)15-9-6-10-16(11-15)24-12-17(22)14-7-4-3-5-8-14/h3-11,21H,12-13H2,1-2H3,(H,20,23). The smallest absolute Gasteiger partial charge is 0.251 e. The highest BCUT2D eigenvalue weighted by Gasteiger charge is 2.20. The first kappa shape index (κ1) is 18.2. The second-order valence-electron chi connectivity index (χ2n) is 6.10. The van der Waals surface area contributed by atoms with Crippen molar-refractivity contribution >= 4 is 23.5 Å². The van der Waals surface area contributed by atoms with E-state index in [0.29, 0.717) is 16.9 Å². The van der Waals surface area contributed by atoms with E-state index in [9.17, 15) is 14.7 Å². The Bertz CT molecular complexity index is 714. The van der Waals surface area contributed by atoms with Crippen LogP contribution < -0.4 is 5.32 Å². The maximum atomic E-state index is 12.2. The molecule has 5 heteroatoms. The van der Waals surface area contributed by atoms with Crippen molar-refractivity contribution in [2.45, 2.75) is 24.3 Å². The number of carbonyl (C=O) groups excluding carboxylic acids is 2. The number of thioether (sulfide) groups is 1. The molecule has 0 aliphatic rings. The SMILES string of the molecule is CC(C)(CO)NC(=O)c1cccc(SCC(=O)c2ccccc2)c1. The van der Waals surface area contributed by atoms with Crippen LogP contribution >= 0.6 is 11.8 Å². The molecule has 0 aromatic heterocycles. The molecule has 0 fully saturated rings. The number of aliphatic hydroxyl groups is 1. The zero-order valence-electron chi connectivity index (χ0n) is 13.8. The van der Waals surface area contributed by atoms with Gasteiger partial charge in [0.25, 0.3) is 5.91 Å². The van der Waals surface area contributed by atoms with Gasteiger partial charge in [-0.05, 0) is 32.0 Å². The van der Waals surface area contributed by atoms with Crippen LogP contribution in [0.2, 0.25) is 0 Å². The van der Waals surface area contributed by atoms with Crippen molar-refractivity contribution in [2.24, 2.45) is 0 Å². The Morgan fingerprint density at radius 3 is 2.38 bits per heavy atom. The maximum absolute atomic E-state index is 12.2. The van der Waals surface area contributed by atoms with Crippen molar-refractivity contribution < 1.29 is 14.7 Å². The number of ketones is 1. The van der Waals surface area contributed by atoms with E-state index in [2.05, 4.69) is 5.32 Å². The van der Waals surface area contributed by atoms with E-state index < -0.39 is 5.54 Å². The highest BCUT2D eigenvalue weighted by atomic mass is 32.2. The van der Waals surface area contributed by atoms with E-state index in [4.69, 9.17) is 0 Å². The first-order valence-corrected chi connectivity index (χ1v) is 8.64. The molecule has 4 nitrogen and oxygen atoms in total. The summed E-state index contributed by atoms with van der Waals surface area (Å²) in [6.45, 7) is 3.36. The van der Waals surface area contributed by atoms with E-state index in [-0.39, 0.29) is 18.3 Å². The van der Waals surface area contributed by atoms with Crippen LogP contribution in [0, 0.1) is 0 Å². The third-order valence-corrected chi connectivity index (χ3v) is 4.40. The van der Waals surface area contributed by atoms with Gasteiger partial charge in [0.1, 0.15) is 0 Å². The summed E-state index contributed by atoms with van der Waals surface area (Å²) in [4.78, 5) is 25.2. The molecule has 1 amide bonds. The van der Waals surface area contributed by atoms with Crippen LogP contribution in [0.3, 0.4) is 0 Å². The van der Waals surface area contributed by atoms with Crippen molar-refractivity contribution in [3.05, 3.63) is 65.7 Å². The van der Waals surface area contributed by atoms with Gasteiger partial charge in [-0.2, -0.15) is 0 Å². The summed E-state index contributed by atoms with van der Waals surface area (Å²) in [6.07, 6.45) is 0. The predicted molar refractivity (Wildman–Crippen MR) is 96.6 cm³/mol. The molecular formula is C19H21NO3S. The summed E-state index contributed by atoms with van der Waals surface area (Å²) in [5, 5.41) is 12.0. The van der Waals surface area contributed by atoms with Crippen molar-refractivity contribution in [1.29, 1.82) is 0 Å². The van der Waals surface area contributed by atoms with E-state index in [1.165, 1.54) is 11.8 Å². The number of benzene rings is 2. The number of aliphatic hydroxyl groups excluding tert-OH is 1. The summed E-state index contributed by atoms with van der Waals surface area (Å²) < 4.78 is 0. The first-order chi connectivity index (χ1) is 11.4. The monoisotopic (exact) mass is 343 g/mol. The molecule has 2 N–H and O–H groups in total. The van der Waals surface area contributed by atoms with Crippen molar-refractivity contribution in [1.82, 2.24) is 5.32 Å². The van der Waals surface area contributed by atoms with Crippen molar-refractivity contribution in [3.8, 4) is 0 Å². The summed E-state index contributed by atoms with van der Waals surface area (Å²) in [6, 6.07) is 16.3. The van der Waals surface area contributed by atoms with Crippen LogP contribution in [0.5, 0.6) is 0 Å². The molecule has 2 aromatic carbocycles. The zero-order valence-corrected chi connectivity index (χ0v) is 14.6. The molecule has 0 saturated heterocycles. The van der Waals surface area contributed by atoms with Gasteiger partial charge in [0.2, 0.25) is 0 Å². The molecule has 2 rings (SSSR count). The second kappa shape index (κ2) is 8.13. The van der Waals surface area contributed by atoms with E-state index >= 15 is 0 Å². The summed E-state index contributed by atoms with van der Waals surface area (Å²) >= 11 is 1.40. The molecule has 0 radical (unpaired) electrons. The highest BCUT2D eigenvalue weighted by molar-refractivity contribution is 8.00. The Balaban J connectivity index is 2.00. The lowest BCUT2D eigenvalue weighted by atomic mass is 10.1. The predicted octanol–water partition coefficient (Wildman–Crippen LogP) is 3.16. The Kier molecular flexibility index (Phi) is 6.17. The molecule has 0 bridgehead atoms. The summed E-state index contributed by atoms with van der Waals surface area (Å²) in [7, 11) is 0. The van der Waals surface area contributed by atoms with Crippen LogP contribution in [0.4, 0.5) is 0 Å². The van der Waals surface area contributed by atoms with E-state index in [1.807, 2.05) is 24.3 Å². The van der Waals surface area contributed by atoms with Gasteiger partial charge in [0.15, 0.2) is 5.78 Å². The number of carbonyl (C=O) groups is 2. The minimum absolute atomic E-state index is 0.0527. The van der Waals surface area contributed by atoms with Gasteiger partial charge < -0.3 is 10.4 Å². The highest BCUT2D eigenvalue weighted by Crippen LogP contribution is 2.21. The van der Waals surface area contributed by atoms with Crippen molar-refractivity contribution in [2.75, 3.05) is 12.4 Å². The van der Waals surface area contributed by atoms with Gasteiger partial charge in [0, 0.05) is 16.0 Å². The van der Waals surface area contributed by atoms with Gasteiger partial charge >= 0.3 is 0 Å². The molecule has 0 heterocycles. The van der Waals surface area contributed by atoms with Gasteiger partial charge in [-0.15, -0.1) is 11.8 Å². The topological polar surface area (TPSA) is 66.4 Å². The Morgan fingerprint density at radius 2 is 1.71 bits per heavy atom. The maximum Gasteiger partial charge on any atom is 0.251 e. The number of amides is 1. The lowest BCUT2D eigenvalue weighted by Gasteiger charge is -2.23. The van der Waals surface area contributed by atoms with Gasteiger partial charge in [0.05, 0.1) is 17.9 Å². The molecule has 126 valence electrons. The molecule has 2 aromatic rings. The van der Waals surface area contributed by atoms with Crippen molar-refractivity contribution in [3.63, 3.8) is 0 Å². The van der Waals surface area contributed by atoms with E-state index in [1.54, 1.807) is 44.2 Å². The van der Waals surface area contributed by atoms with Crippen LogP contribution in [0.15, 0.2) is 59.5 Å². The Labute approximate surface area is 146 Å². The molecule has 0 atom stereocenters. The minimum Gasteiger partial charge on any atom is -0.394 e. The van der Waals surface area contributed by atoms with E-state index in [0.717, 1.165) is 4.90 Å².